The molecule has 2 aromatic carbocycles. The third-order valence-corrected chi connectivity index (χ3v) is 5.40. The van der Waals surface area contributed by atoms with Crippen LogP contribution < -0.4 is 5.32 Å². The fourth-order valence-corrected chi connectivity index (χ4v) is 3.00. The molecule has 0 amide bonds. The van der Waals surface area contributed by atoms with E-state index in [0.29, 0.717) is 39.2 Å². The number of para-hydroxylation sites is 1. The summed E-state index contributed by atoms with van der Waals surface area (Å²) >= 11 is 12.5. The number of carbonyl (C=O) groups excluding carboxylic acids is 1. The van der Waals surface area contributed by atoms with E-state index < -0.39 is 11.9 Å². The topological polar surface area (TPSA) is 97.4 Å². The summed E-state index contributed by atoms with van der Waals surface area (Å²) in [5, 5.41) is 12.5. The Morgan fingerprint density at radius 3 is 2.58 bits per heavy atom. The van der Waals surface area contributed by atoms with Gasteiger partial charge in [-0.1, -0.05) is 47.5 Å². The molecule has 3 rings (SSSR count). The lowest BCUT2D eigenvalue weighted by Gasteiger charge is -2.15. The first-order valence-electron chi connectivity index (χ1n) is 10.3. The van der Waals surface area contributed by atoms with E-state index in [4.69, 9.17) is 42.5 Å². The maximum absolute atomic E-state index is 12.2. The van der Waals surface area contributed by atoms with Gasteiger partial charge in [0.25, 0.3) is 0 Å². The number of aryl methyl sites for hydroxylation is 1. The third kappa shape index (κ3) is 8.70. The van der Waals surface area contributed by atoms with Crippen molar-refractivity contribution in [2.45, 2.75) is 33.3 Å². The molecule has 1 heterocycles. The van der Waals surface area contributed by atoms with Crippen LogP contribution in [-0.4, -0.2) is 43.2 Å². The number of halogens is 2. The van der Waals surface area contributed by atoms with Gasteiger partial charge < -0.3 is 24.6 Å². The van der Waals surface area contributed by atoms with Gasteiger partial charge in [-0.05, 0) is 51.0 Å². The molecular weight excluding hydrogens is 469 g/mol. The molecule has 1 fully saturated rings. The van der Waals surface area contributed by atoms with Gasteiger partial charge in [0.2, 0.25) is 0 Å². The summed E-state index contributed by atoms with van der Waals surface area (Å²) in [6, 6.07) is 10.6. The van der Waals surface area contributed by atoms with Gasteiger partial charge in [0.1, 0.15) is 0 Å². The number of benzene rings is 2. The van der Waals surface area contributed by atoms with Crippen molar-refractivity contribution in [1.82, 2.24) is 0 Å². The van der Waals surface area contributed by atoms with Crippen LogP contribution in [0, 0.1) is 6.92 Å². The van der Waals surface area contributed by atoms with Crippen molar-refractivity contribution < 1.29 is 28.9 Å². The molecule has 0 aromatic heterocycles. The van der Waals surface area contributed by atoms with Crippen LogP contribution in [0.5, 0.6) is 0 Å². The minimum absolute atomic E-state index is 0.0877. The smallest absolute Gasteiger partial charge is 0.342 e. The number of hydrogen-bond acceptors (Lipinski definition) is 6. The number of carboxylic acid groups (broad SMARTS) is 1. The van der Waals surface area contributed by atoms with Crippen LogP contribution in [0.3, 0.4) is 0 Å². The zero-order valence-corrected chi connectivity index (χ0v) is 20.2. The number of anilines is 2. The van der Waals surface area contributed by atoms with Crippen molar-refractivity contribution in [3.63, 3.8) is 0 Å². The second kappa shape index (κ2) is 13.2. The highest BCUT2D eigenvalue weighted by Gasteiger charge is 2.20. The Labute approximate surface area is 203 Å². The van der Waals surface area contributed by atoms with E-state index in [0.717, 1.165) is 18.6 Å². The van der Waals surface area contributed by atoms with Gasteiger partial charge >= 0.3 is 11.9 Å². The minimum atomic E-state index is -0.847. The lowest BCUT2D eigenvalue weighted by Crippen LogP contribution is -2.11. The standard InChI is InChI=1S/C17H17Cl2NO3.C7H10O3/c1-3-22-10-23-17(21)12-6-4-5-7-14(12)20-16-13(18)9-8-11(2)15(16)19;1-5(7(8)9)2-3-6-4-10-6/h4-9,20H,3,10H2,1-2H3;2,6H,3-4H2,1H3,(H,8,9)/b;5-2+. The molecule has 178 valence electrons. The molecule has 0 radical (unpaired) electrons. The number of carbonyl (C=O) groups is 2. The van der Waals surface area contributed by atoms with E-state index in [9.17, 15) is 9.59 Å². The van der Waals surface area contributed by atoms with E-state index in [-0.39, 0.29) is 12.9 Å². The molecule has 1 unspecified atom stereocenters. The Morgan fingerprint density at radius 2 is 1.94 bits per heavy atom. The second-order valence-corrected chi connectivity index (χ2v) is 7.93. The number of nitrogens with one attached hydrogen (secondary N) is 1. The zero-order valence-electron chi connectivity index (χ0n) is 18.7. The molecule has 0 saturated carbocycles. The largest absolute Gasteiger partial charge is 0.478 e. The van der Waals surface area contributed by atoms with Crippen molar-refractivity contribution in [2.75, 3.05) is 25.3 Å². The molecule has 33 heavy (non-hydrogen) atoms. The first kappa shape index (κ1) is 26.7. The number of carboxylic acids is 1. The number of esters is 1. The van der Waals surface area contributed by atoms with Gasteiger partial charge in [0, 0.05) is 12.2 Å². The highest BCUT2D eigenvalue weighted by atomic mass is 35.5. The van der Waals surface area contributed by atoms with Gasteiger partial charge in [-0.2, -0.15) is 0 Å². The van der Waals surface area contributed by atoms with Crippen molar-refractivity contribution in [3.05, 3.63) is 69.2 Å². The number of epoxide rings is 1. The SMILES string of the molecule is C/C(=C\CC1CO1)C(=O)O.CCOCOC(=O)c1ccccc1Nc1c(Cl)ccc(C)c1Cl. The van der Waals surface area contributed by atoms with E-state index in [1.165, 1.54) is 0 Å². The first-order valence-corrected chi connectivity index (χ1v) is 11.1. The number of ether oxygens (including phenoxy) is 3. The van der Waals surface area contributed by atoms with E-state index in [1.807, 2.05) is 19.9 Å². The summed E-state index contributed by atoms with van der Waals surface area (Å²) in [6.45, 7) is 6.46. The maximum atomic E-state index is 12.2. The predicted molar refractivity (Wildman–Crippen MR) is 129 cm³/mol. The van der Waals surface area contributed by atoms with E-state index in [2.05, 4.69) is 5.32 Å². The maximum Gasteiger partial charge on any atom is 0.342 e. The highest BCUT2D eigenvalue weighted by molar-refractivity contribution is 6.39. The van der Waals surface area contributed by atoms with Crippen LogP contribution >= 0.6 is 23.2 Å². The van der Waals surface area contributed by atoms with Crippen molar-refractivity contribution in [3.8, 4) is 0 Å². The van der Waals surface area contributed by atoms with Crippen LogP contribution in [0.1, 0.15) is 36.2 Å². The highest BCUT2D eigenvalue weighted by Crippen LogP contribution is 2.36. The summed E-state index contributed by atoms with van der Waals surface area (Å²) in [6.07, 6.45) is 2.72. The monoisotopic (exact) mass is 495 g/mol. The normalized spacial score (nSPS) is 14.7. The summed E-state index contributed by atoms with van der Waals surface area (Å²) in [5.41, 5.74) is 2.77. The molecule has 0 spiro atoms. The lowest BCUT2D eigenvalue weighted by molar-refractivity contribution is -0.132. The van der Waals surface area contributed by atoms with E-state index >= 15 is 0 Å². The Morgan fingerprint density at radius 1 is 1.24 bits per heavy atom. The van der Waals surface area contributed by atoms with Gasteiger partial charge in [-0.15, -0.1) is 0 Å². The number of rotatable bonds is 9. The van der Waals surface area contributed by atoms with Gasteiger partial charge in [0.05, 0.1) is 39.7 Å². The number of hydrogen-bond donors (Lipinski definition) is 2. The minimum Gasteiger partial charge on any atom is -0.478 e. The molecule has 1 aliphatic heterocycles. The number of aliphatic carboxylic acids is 1. The van der Waals surface area contributed by atoms with Gasteiger partial charge in [0.15, 0.2) is 6.79 Å². The van der Waals surface area contributed by atoms with E-state index in [1.54, 1.807) is 43.3 Å². The molecule has 2 aromatic rings. The third-order valence-electron chi connectivity index (χ3n) is 4.59. The van der Waals surface area contributed by atoms with Crippen LogP contribution in [0.4, 0.5) is 11.4 Å². The Balaban J connectivity index is 0.000000321. The molecule has 1 aliphatic rings. The average Bonchev–Trinajstić information content (AvgIpc) is 3.63. The molecule has 0 bridgehead atoms. The quantitative estimate of drug-likeness (QED) is 0.144. The molecule has 7 nitrogen and oxygen atoms in total. The molecule has 0 aliphatic carbocycles. The summed E-state index contributed by atoms with van der Waals surface area (Å²) in [4.78, 5) is 22.4. The lowest BCUT2D eigenvalue weighted by atomic mass is 10.1. The molecule has 1 atom stereocenters. The fourth-order valence-electron chi connectivity index (χ4n) is 2.53. The van der Waals surface area contributed by atoms with Crippen molar-refractivity contribution in [2.24, 2.45) is 0 Å². The Hall–Kier alpha value is -2.58. The first-order chi connectivity index (χ1) is 15.7. The van der Waals surface area contributed by atoms with Gasteiger partial charge in [-0.25, -0.2) is 9.59 Å². The molecule has 9 heteroatoms. The van der Waals surface area contributed by atoms with Crippen LogP contribution in [0.15, 0.2) is 48.0 Å². The zero-order chi connectivity index (χ0) is 24.4. The molecular formula is C24H27Cl2NO6. The average molecular weight is 496 g/mol. The molecule has 2 N–H and O–H groups in total. The van der Waals surface area contributed by atoms with Crippen LogP contribution in [0.25, 0.3) is 0 Å². The van der Waals surface area contributed by atoms with Crippen LogP contribution in [-0.2, 0) is 19.0 Å². The molecule has 1 saturated heterocycles. The summed E-state index contributed by atoms with van der Waals surface area (Å²) in [7, 11) is 0. The predicted octanol–water partition coefficient (Wildman–Crippen LogP) is 6.00. The summed E-state index contributed by atoms with van der Waals surface area (Å²) < 4.78 is 15.0. The van der Waals surface area contributed by atoms with Crippen molar-refractivity contribution >= 4 is 46.5 Å². The fraction of sp³-hybridized carbons (Fsp3) is 0.333. The van der Waals surface area contributed by atoms with Crippen molar-refractivity contribution in [1.29, 1.82) is 0 Å². The second-order valence-electron chi connectivity index (χ2n) is 7.15. The summed E-state index contributed by atoms with van der Waals surface area (Å²) in [5.74, 6) is -1.33. The van der Waals surface area contributed by atoms with Crippen LogP contribution in [0.2, 0.25) is 10.0 Å². The Kier molecular flexibility index (Phi) is 10.7. The van der Waals surface area contributed by atoms with Gasteiger partial charge in [-0.3, -0.25) is 0 Å². The Bertz CT molecular complexity index is 1000.